The minimum atomic E-state index is -0.892. The Bertz CT molecular complexity index is 2090. The summed E-state index contributed by atoms with van der Waals surface area (Å²) in [6.07, 6.45) is 3.18. The lowest BCUT2D eigenvalue weighted by atomic mass is 9.97. The van der Waals surface area contributed by atoms with Crippen molar-refractivity contribution in [3.8, 4) is 39.4 Å². The van der Waals surface area contributed by atoms with Crippen LogP contribution in [-0.2, 0) is 24.9 Å². The Morgan fingerprint density at radius 1 is 1.00 bits per heavy atom. The lowest BCUT2D eigenvalue weighted by molar-refractivity contribution is -0.119. The molecule has 0 spiro atoms. The molecule has 4 N–H and O–H groups in total. The van der Waals surface area contributed by atoms with E-state index in [1.54, 1.807) is 44.8 Å². The first-order valence-corrected chi connectivity index (χ1v) is 16.8. The molecule has 1 atom stereocenters. The van der Waals surface area contributed by atoms with E-state index in [1.807, 2.05) is 48.5 Å². The van der Waals surface area contributed by atoms with Gasteiger partial charge in [0.15, 0.2) is 0 Å². The van der Waals surface area contributed by atoms with Crippen molar-refractivity contribution in [1.82, 2.24) is 35.1 Å². The second-order valence-electron chi connectivity index (χ2n) is 12.9. The lowest BCUT2D eigenvalue weighted by Gasteiger charge is -2.18. The van der Waals surface area contributed by atoms with E-state index < -0.39 is 5.60 Å². The van der Waals surface area contributed by atoms with Gasteiger partial charge in [0, 0.05) is 78.7 Å². The Morgan fingerprint density at radius 3 is 2.37 bits per heavy atom. The van der Waals surface area contributed by atoms with Crippen molar-refractivity contribution in [2.75, 3.05) is 20.2 Å². The highest BCUT2D eigenvalue weighted by Gasteiger charge is 2.21. The van der Waals surface area contributed by atoms with Crippen LogP contribution in [0.4, 0.5) is 0 Å². The molecule has 1 saturated heterocycles. The Morgan fingerprint density at radius 2 is 1.69 bits per heavy atom. The van der Waals surface area contributed by atoms with Gasteiger partial charge in [-0.15, -0.1) is 0 Å². The number of methoxy groups -OCH3 is 1. The number of hydrogen-bond acceptors (Lipinski definition) is 8. The van der Waals surface area contributed by atoms with Gasteiger partial charge < -0.3 is 25.8 Å². The predicted octanol–water partition coefficient (Wildman–Crippen LogP) is 4.97. The number of rotatable bonds is 12. The van der Waals surface area contributed by atoms with Crippen molar-refractivity contribution in [2.45, 2.75) is 51.4 Å². The molecule has 0 bridgehead atoms. The van der Waals surface area contributed by atoms with Gasteiger partial charge in [-0.3, -0.25) is 14.2 Å². The number of amides is 1. The summed E-state index contributed by atoms with van der Waals surface area (Å²) in [5.74, 6) is 1.10. The van der Waals surface area contributed by atoms with Gasteiger partial charge in [-0.2, -0.15) is 5.10 Å². The summed E-state index contributed by atoms with van der Waals surface area (Å²) < 4.78 is 8.71. The SMILES string of the molecule is COc1nc(-c2cccc(-c3cccc(-c4cc5c(=O)n(C)c(CNCC(C)(C)O)nn5c4)c3Cl)c2Cl)ccc1CNC[C@H]1CCC(=O)N1. The number of carbonyl (C=O) groups excluding carboxylic acids is 1. The molecule has 49 heavy (non-hydrogen) atoms. The Labute approximate surface area is 294 Å². The number of halogens is 2. The van der Waals surface area contributed by atoms with E-state index in [0.717, 1.165) is 39.8 Å². The zero-order chi connectivity index (χ0) is 34.9. The van der Waals surface area contributed by atoms with E-state index in [4.69, 9.17) is 32.9 Å². The highest BCUT2D eigenvalue weighted by Crippen LogP contribution is 2.42. The average molecular weight is 705 g/mol. The van der Waals surface area contributed by atoms with Crippen LogP contribution in [0.25, 0.3) is 39.0 Å². The number of pyridine rings is 1. The van der Waals surface area contributed by atoms with Gasteiger partial charge in [0.25, 0.3) is 5.56 Å². The van der Waals surface area contributed by atoms with Gasteiger partial charge in [0.1, 0.15) is 11.3 Å². The molecular formula is C36H39Cl2N7O4. The summed E-state index contributed by atoms with van der Waals surface area (Å²) in [5, 5.41) is 25.2. The van der Waals surface area contributed by atoms with E-state index in [9.17, 15) is 14.7 Å². The lowest BCUT2D eigenvalue weighted by Crippen LogP contribution is -2.36. The van der Waals surface area contributed by atoms with E-state index in [-0.39, 0.29) is 17.5 Å². The first-order valence-electron chi connectivity index (χ1n) is 16.1. The van der Waals surface area contributed by atoms with E-state index >= 15 is 0 Å². The number of ether oxygens (including phenoxy) is 1. The normalized spacial score (nSPS) is 14.8. The van der Waals surface area contributed by atoms with Crippen molar-refractivity contribution in [3.05, 3.63) is 92.6 Å². The minimum Gasteiger partial charge on any atom is -0.481 e. The largest absolute Gasteiger partial charge is 0.481 e. The highest BCUT2D eigenvalue weighted by atomic mass is 35.5. The fourth-order valence-electron chi connectivity index (χ4n) is 6.00. The second-order valence-corrected chi connectivity index (χ2v) is 13.6. The smallest absolute Gasteiger partial charge is 0.277 e. The standard InChI is InChI=1S/C36H39Cl2N7O4/c1-36(2,48)20-40-18-30-43-45-19-22(15-29(45)35(47)44(30)3)24-7-5-8-25(32(24)37)26-9-6-10-27(33(26)38)28-13-11-21(34(42-28)49-4)16-39-17-23-12-14-31(46)41-23/h5-11,13,15,19,23,39-40,48H,12,14,16-18,20H2,1-4H3,(H,41,46)/t23-/m1/s1. The molecule has 11 nitrogen and oxygen atoms in total. The van der Waals surface area contributed by atoms with Crippen LogP contribution >= 0.6 is 23.2 Å². The molecule has 256 valence electrons. The molecule has 1 aliphatic heterocycles. The highest BCUT2D eigenvalue weighted by molar-refractivity contribution is 6.39. The molecule has 5 aromatic rings. The number of carbonyl (C=O) groups is 1. The number of nitrogens with one attached hydrogen (secondary N) is 3. The summed E-state index contributed by atoms with van der Waals surface area (Å²) >= 11 is 14.2. The molecule has 2 aromatic carbocycles. The van der Waals surface area contributed by atoms with Gasteiger partial charge >= 0.3 is 0 Å². The van der Waals surface area contributed by atoms with Gasteiger partial charge in [-0.05, 0) is 32.4 Å². The van der Waals surface area contributed by atoms with Crippen LogP contribution in [0.2, 0.25) is 10.0 Å². The first-order chi connectivity index (χ1) is 23.4. The Balaban J connectivity index is 1.27. The second kappa shape index (κ2) is 14.3. The maximum atomic E-state index is 13.3. The third-order valence-electron chi connectivity index (χ3n) is 8.57. The summed E-state index contributed by atoms with van der Waals surface area (Å²) in [6.45, 7) is 5.28. The van der Waals surface area contributed by atoms with Crippen LogP contribution in [0.1, 0.15) is 38.1 Å². The van der Waals surface area contributed by atoms with Crippen molar-refractivity contribution in [1.29, 1.82) is 0 Å². The molecule has 6 rings (SSSR count). The van der Waals surface area contributed by atoms with E-state index in [1.165, 1.54) is 4.57 Å². The topological polar surface area (TPSA) is 135 Å². The quantitative estimate of drug-likeness (QED) is 0.143. The van der Waals surface area contributed by atoms with Crippen LogP contribution in [0, 0.1) is 0 Å². The molecule has 4 heterocycles. The van der Waals surface area contributed by atoms with Crippen LogP contribution in [-0.4, -0.2) is 62.0 Å². The summed E-state index contributed by atoms with van der Waals surface area (Å²) in [7, 11) is 3.27. The van der Waals surface area contributed by atoms with E-state index in [0.29, 0.717) is 65.6 Å². The number of aliphatic hydroxyl groups is 1. The number of benzene rings is 2. The van der Waals surface area contributed by atoms with Gasteiger partial charge in [-0.25, -0.2) is 9.50 Å². The number of hydrogen-bond donors (Lipinski definition) is 4. The van der Waals surface area contributed by atoms with Crippen molar-refractivity contribution in [3.63, 3.8) is 0 Å². The third-order valence-corrected chi connectivity index (χ3v) is 9.39. The van der Waals surface area contributed by atoms with Crippen LogP contribution < -0.4 is 26.2 Å². The van der Waals surface area contributed by atoms with Crippen molar-refractivity contribution in [2.24, 2.45) is 7.05 Å². The van der Waals surface area contributed by atoms with Crippen LogP contribution in [0.3, 0.4) is 0 Å². The summed E-state index contributed by atoms with van der Waals surface area (Å²) in [4.78, 5) is 29.6. The Hall–Kier alpha value is -4.26. The molecule has 13 heteroatoms. The zero-order valence-corrected chi connectivity index (χ0v) is 29.3. The van der Waals surface area contributed by atoms with Crippen molar-refractivity contribution >= 4 is 34.6 Å². The molecular weight excluding hydrogens is 665 g/mol. The fourth-order valence-corrected chi connectivity index (χ4v) is 6.66. The van der Waals surface area contributed by atoms with Gasteiger partial charge in [-0.1, -0.05) is 65.7 Å². The zero-order valence-electron chi connectivity index (χ0n) is 27.8. The number of nitrogens with zero attached hydrogens (tertiary/aromatic N) is 4. The molecule has 0 unspecified atom stereocenters. The molecule has 3 aromatic heterocycles. The molecule has 0 aliphatic carbocycles. The third kappa shape index (κ3) is 7.51. The van der Waals surface area contributed by atoms with Gasteiger partial charge in [0.05, 0.1) is 35.0 Å². The Kier molecular flexibility index (Phi) is 10.1. The van der Waals surface area contributed by atoms with E-state index in [2.05, 4.69) is 21.0 Å². The monoisotopic (exact) mass is 703 g/mol. The maximum absolute atomic E-state index is 13.3. The molecule has 1 fully saturated rings. The van der Waals surface area contributed by atoms with Gasteiger partial charge in [0.2, 0.25) is 11.8 Å². The first kappa shape index (κ1) is 34.6. The molecule has 0 saturated carbocycles. The molecule has 1 aliphatic rings. The number of aromatic nitrogens is 4. The van der Waals surface area contributed by atoms with Crippen LogP contribution in [0.15, 0.2) is 65.6 Å². The van der Waals surface area contributed by atoms with Crippen LogP contribution in [0.5, 0.6) is 5.88 Å². The summed E-state index contributed by atoms with van der Waals surface area (Å²) in [5.41, 5.74) is 4.50. The average Bonchev–Trinajstić information content (AvgIpc) is 3.69. The maximum Gasteiger partial charge on any atom is 0.277 e. The predicted molar refractivity (Wildman–Crippen MR) is 192 cm³/mol. The molecule has 0 radical (unpaired) electrons. The molecule has 1 amide bonds. The minimum absolute atomic E-state index is 0.0907. The fraction of sp³-hybridized carbons (Fsp3) is 0.333. The summed E-state index contributed by atoms with van der Waals surface area (Å²) in [6, 6.07) is 17.2. The van der Waals surface area contributed by atoms with Crippen molar-refractivity contribution < 1.29 is 14.6 Å². The number of fused-ring (bicyclic) bond motifs is 1.